The molecule has 1 atom stereocenters. The Morgan fingerprint density at radius 3 is 2.67 bits per heavy atom. The molecule has 0 fully saturated rings. The van der Waals surface area contributed by atoms with Gasteiger partial charge in [-0.25, -0.2) is 17.8 Å². The van der Waals surface area contributed by atoms with Gasteiger partial charge in [0.2, 0.25) is 0 Å². The maximum atomic E-state index is 12.5. The van der Waals surface area contributed by atoms with Gasteiger partial charge in [0, 0.05) is 5.88 Å². The molecule has 1 aromatic heterocycles. The van der Waals surface area contributed by atoms with Gasteiger partial charge in [0.1, 0.15) is 5.82 Å². The number of rotatable bonds is 4. The number of pyridine rings is 1. The first-order valence-electron chi connectivity index (χ1n) is 4.40. The Morgan fingerprint density at radius 2 is 2.20 bits per heavy atom. The normalized spacial score (nSPS) is 13.8. The van der Waals surface area contributed by atoms with Crippen molar-refractivity contribution in [3.8, 4) is 0 Å². The molecule has 0 radical (unpaired) electrons. The summed E-state index contributed by atoms with van der Waals surface area (Å²) in [5, 5.41) is -0.713. The minimum atomic E-state index is -3.48. The summed E-state index contributed by atoms with van der Waals surface area (Å²) in [5.74, 6) is -0.291. The van der Waals surface area contributed by atoms with Crippen molar-refractivity contribution in [3.05, 3.63) is 24.1 Å². The molecule has 0 aliphatic heterocycles. The van der Waals surface area contributed by atoms with Crippen LogP contribution < -0.4 is 0 Å². The smallest absolute Gasteiger partial charge is 0.198 e. The van der Waals surface area contributed by atoms with Crippen molar-refractivity contribution in [2.75, 3.05) is 5.88 Å². The van der Waals surface area contributed by atoms with Crippen LogP contribution in [0.15, 0.2) is 23.4 Å². The van der Waals surface area contributed by atoms with E-state index in [-0.39, 0.29) is 10.9 Å². The third-order valence-electron chi connectivity index (χ3n) is 2.04. The molecular weight excluding hydrogens is 241 g/mol. The van der Waals surface area contributed by atoms with E-state index in [1.54, 1.807) is 6.92 Å². The predicted molar refractivity (Wildman–Crippen MR) is 56.2 cm³/mol. The minimum Gasteiger partial charge on any atom is -0.242 e. The van der Waals surface area contributed by atoms with Crippen LogP contribution in [0, 0.1) is 5.82 Å². The maximum Gasteiger partial charge on any atom is 0.198 e. The zero-order chi connectivity index (χ0) is 11.5. The van der Waals surface area contributed by atoms with Crippen molar-refractivity contribution < 1.29 is 12.8 Å². The lowest BCUT2D eigenvalue weighted by molar-refractivity contribution is 0.574. The molecule has 0 aliphatic rings. The second-order valence-corrected chi connectivity index (χ2v) is 5.84. The van der Waals surface area contributed by atoms with Gasteiger partial charge < -0.3 is 0 Å². The highest BCUT2D eigenvalue weighted by Gasteiger charge is 2.23. The first-order chi connectivity index (χ1) is 6.98. The number of sulfone groups is 1. The number of aromatic nitrogens is 1. The maximum absolute atomic E-state index is 12.5. The summed E-state index contributed by atoms with van der Waals surface area (Å²) < 4.78 is 36.1. The quantitative estimate of drug-likeness (QED) is 0.769. The largest absolute Gasteiger partial charge is 0.242 e. The van der Waals surface area contributed by atoms with E-state index in [1.807, 2.05) is 0 Å². The van der Waals surface area contributed by atoms with Crippen molar-refractivity contribution in [1.82, 2.24) is 4.98 Å². The van der Waals surface area contributed by atoms with Crippen LogP contribution in [0.2, 0.25) is 0 Å². The molecule has 0 saturated heterocycles. The Labute approximate surface area is 93.2 Å². The number of nitrogens with zero attached hydrogens (tertiary/aromatic N) is 1. The SMILES string of the molecule is CC(CCCl)S(=O)(=O)c1ccc(F)cn1. The van der Waals surface area contributed by atoms with Gasteiger partial charge in [-0.3, -0.25) is 0 Å². The van der Waals surface area contributed by atoms with Crippen molar-refractivity contribution in [2.24, 2.45) is 0 Å². The molecule has 6 heteroatoms. The Hall–Kier alpha value is -0.680. The summed E-state index contributed by atoms with van der Waals surface area (Å²) in [6.45, 7) is 1.56. The van der Waals surface area contributed by atoms with Crippen molar-refractivity contribution in [2.45, 2.75) is 23.6 Å². The van der Waals surface area contributed by atoms with Gasteiger partial charge in [-0.15, -0.1) is 11.6 Å². The van der Waals surface area contributed by atoms with Gasteiger partial charge >= 0.3 is 0 Å². The molecule has 0 aliphatic carbocycles. The van der Waals surface area contributed by atoms with Crippen LogP contribution in [-0.2, 0) is 9.84 Å². The summed E-state index contributed by atoms with van der Waals surface area (Å²) >= 11 is 5.47. The van der Waals surface area contributed by atoms with Gasteiger partial charge in [0.05, 0.1) is 11.4 Å². The second kappa shape index (κ2) is 4.90. The fourth-order valence-corrected chi connectivity index (χ4v) is 2.80. The zero-order valence-corrected chi connectivity index (χ0v) is 9.72. The molecule has 1 aromatic rings. The van der Waals surface area contributed by atoms with E-state index >= 15 is 0 Å². The Balaban J connectivity index is 3.01. The first-order valence-corrected chi connectivity index (χ1v) is 6.48. The van der Waals surface area contributed by atoms with Crippen LogP contribution in [0.1, 0.15) is 13.3 Å². The molecular formula is C9H11ClFNO2S. The number of hydrogen-bond acceptors (Lipinski definition) is 3. The standard InChI is InChI=1S/C9H11ClFNO2S/c1-7(4-5-10)15(13,14)9-3-2-8(11)6-12-9/h2-3,6-7H,4-5H2,1H3. The second-order valence-electron chi connectivity index (χ2n) is 3.15. The third kappa shape index (κ3) is 2.89. The lowest BCUT2D eigenvalue weighted by Gasteiger charge is -2.10. The lowest BCUT2D eigenvalue weighted by Crippen LogP contribution is -2.19. The average Bonchev–Trinajstić information content (AvgIpc) is 2.18. The lowest BCUT2D eigenvalue weighted by atomic mass is 10.4. The molecule has 1 heterocycles. The van der Waals surface area contributed by atoms with Crippen LogP contribution in [0.3, 0.4) is 0 Å². The Kier molecular flexibility index (Phi) is 4.04. The highest BCUT2D eigenvalue weighted by atomic mass is 35.5. The molecule has 0 amide bonds. The molecule has 0 saturated carbocycles. The van der Waals surface area contributed by atoms with Gasteiger partial charge in [-0.2, -0.15) is 0 Å². The van der Waals surface area contributed by atoms with E-state index in [2.05, 4.69) is 4.98 Å². The monoisotopic (exact) mass is 251 g/mol. The summed E-state index contributed by atoms with van der Waals surface area (Å²) in [4.78, 5) is 3.55. The molecule has 84 valence electrons. The van der Waals surface area contributed by atoms with E-state index < -0.39 is 20.9 Å². The summed E-state index contributed by atoms with van der Waals surface area (Å²) in [6.07, 6.45) is 1.24. The molecule has 0 bridgehead atoms. The molecule has 15 heavy (non-hydrogen) atoms. The highest BCUT2D eigenvalue weighted by molar-refractivity contribution is 7.92. The van der Waals surface area contributed by atoms with Crippen LogP contribution in [0.5, 0.6) is 0 Å². The van der Waals surface area contributed by atoms with E-state index in [0.29, 0.717) is 6.42 Å². The Bertz CT molecular complexity index is 418. The predicted octanol–water partition coefficient (Wildman–Crippen LogP) is 2.01. The number of halogens is 2. The van der Waals surface area contributed by atoms with Crippen molar-refractivity contribution in [3.63, 3.8) is 0 Å². The summed E-state index contributed by atoms with van der Waals surface area (Å²) in [7, 11) is -3.48. The first kappa shape index (κ1) is 12.4. The molecule has 0 spiro atoms. The van der Waals surface area contributed by atoms with Crippen LogP contribution in [0.4, 0.5) is 4.39 Å². The number of alkyl halides is 1. The van der Waals surface area contributed by atoms with E-state index in [0.717, 1.165) is 18.3 Å². The van der Waals surface area contributed by atoms with Crippen molar-refractivity contribution >= 4 is 21.4 Å². The molecule has 0 aromatic carbocycles. The summed E-state index contributed by atoms with van der Waals surface area (Å²) in [6, 6.07) is 2.24. The zero-order valence-electron chi connectivity index (χ0n) is 8.15. The van der Waals surface area contributed by atoms with Gasteiger partial charge in [-0.05, 0) is 25.5 Å². The van der Waals surface area contributed by atoms with Crippen LogP contribution >= 0.6 is 11.6 Å². The molecule has 3 nitrogen and oxygen atoms in total. The van der Waals surface area contributed by atoms with Crippen molar-refractivity contribution in [1.29, 1.82) is 0 Å². The third-order valence-corrected chi connectivity index (χ3v) is 4.37. The topological polar surface area (TPSA) is 47.0 Å². The summed E-state index contributed by atoms with van der Waals surface area (Å²) in [5.41, 5.74) is 0. The van der Waals surface area contributed by atoms with Gasteiger partial charge in [0.15, 0.2) is 14.9 Å². The Morgan fingerprint density at radius 1 is 1.53 bits per heavy atom. The highest BCUT2D eigenvalue weighted by Crippen LogP contribution is 2.16. The molecule has 1 rings (SSSR count). The fraction of sp³-hybridized carbons (Fsp3) is 0.444. The van der Waals surface area contributed by atoms with Crippen LogP contribution in [-0.4, -0.2) is 24.5 Å². The van der Waals surface area contributed by atoms with E-state index in [4.69, 9.17) is 11.6 Å². The number of hydrogen-bond donors (Lipinski definition) is 0. The van der Waals surface area contributed by atoms with Crippen LogP contribution in [0.25, 0.3) is 0 Å². The van der Waals surface area contributed by atoms with Gasteiger partial charge in [0.25, 0.3) is 0 Å². The van der Waals surface area contributed by atoms with E-state index in [1.165, 1.54) is 0 Å². The fourth-order valence-electron chi connectivity index (χ4n) is 1.05. The molecule has 0 N–H and O–H groups in total. The average molecular weight is 252 g/mol. The van der Waals surface area contributed by atoms with E-state index in [9.17, 15) is 12.8 Å². The van der Waals surface area contributed by atoms with Gasteiger partial charge in [-0.1, -0.05) is 0 Å². The minimum absolute atomic E-state index is 0.110. The molecule has 1 unspecified atom stereocenters.